The molecule has 1 aliphatic rings. The van der Waals surface area contributed by atoms with E-state index in [1.54, 1.807) is 0 Å². The third-order valence-corrected chi connectivity index (χ3v) is 3.01. The van der Waals surface area contributed by atoms with Crippen molar-refractivity contribution >= 4 is 17.3 Å². The van der Waals surface area contributed by atoms with Crippen LogP contribution in [0.5, 0.6) is 5.75 Å². The minimum absolute atomic E-state index is 0.0765. The van der Waals surface area contributed by atoms with Crippen LogP contribution in [0.25, 0.3) is 0 Å². The van der Waals surface area contributed by atoms with E-state index >= 15 is 0 Å². The van der Waals surface area contributed by atoms with E-state index in [2.05, 4.69) is 4.90 Å². The molecule has 0 aliphatic carbocycles. The maximum absolute atomic E-state index is 13.6. The second-order valence-electron chi connectivity index (χ2n) is 4.11. The molecule has 0 aromatic heterocycles. The van der Waals surface area contributed by atoms with Crippen LogP contribution in [0.4, 0.5) is 10.1 Å². The molecule has 0 bridgehead atoms. The third kappa shape index (κ3) is 3.48. The molecule has 1 aromatic carbocycles. The van der Waals surface area contributed by atoms with Crippen molar-refractivity contribution in [3.63, 3.8) is 0 Å². The molecule has 0 atom stereocenters. The maximum Gasteiger partial charge on any atom is 0.177 e. The number of benzene rings is 1. The number of hydrogen-bond acceptors (Lipinski definition) is 4. The zero-order chi connectivity index (χ0) is 13.0. The summed E-state index contributed by atoms with van der Waals surface area (Å²) in [5.41, 5.74) is 5.88. The summed E-state index contributed by atoms with van der Waals surface area (Å²) < 4.78 is 24.2. The molecule has 0 saturated carbocycles. The smallest absolute Gasteiger partial charge is 0.177 e. The molecule has 1 aromatic rings. The van der Waals surface area contributed by atoms with Crippen LogP contribution in [0.1, 0.15) is 0 Å². The molecule has 0 radical (unpaired) electrons. The molecule has 18 heavy (non-hydrogen) atoms. The van der Waals surface area contributed by atoms with Crippen molar-refractivity contribution in [2.24, 2.45) is 0 Å². The summed E-state index contributed by atoms with van der Waals surface area (Å²) in [6, 6.07) is 2.68. The second kappa shape index (κ2) is 6.22. The Balaban J connectivity index is 1.86. The zero-order valence-corrected chi connectivity index (χ0v) is 10.8. The number of hydrogen-bond donors (Lipinski definition) is 1. The highest BCUT2D eigenvalue weighted by Crippen LogP contribution is 2.28. The summed E-state index contributed by atoms with van der Waals surface area (Å²) >= 11 is 5.68. The number of ether oxygens (including phenoxy) is 2. The molecule has 2 rings (SSSR count). The summed E-state index contributed by atoms with van der Waals surface area (Å²) in [4.78, 5) is 2.20. The van der Waals surface area contributed by atoms with Gasteiger partial charge in [0.1, 0.15) is 6.61 Å². The number of nitrogens with zero attached hydrogens (tertiary/aromatic N) is 1. The van der Waals surface area contributed by atoms with Gasteiger partial charge in [-0.25, -0.2) is 4.39 Å². The molecule has 1 fully saturated rings. The van der Waals surface area contributed by atoms with Crippen LogP contribution >= 0.6 is 11.6 Å². The molecular formula is C12H16ClFN2O2. The van der Waals surface area contributed by atoms with Gasteiger partial charge in [-0.2, -0.15) is 0 Å². The minimum atomic E-state index is -0.526. The molecule has 2 N–H and O–H groups in total. The Hall–Kier alpha value is -1.04. The van der Waals surface area contributed by atoms with Crippen LogP contribution < -0.4 is 10.5 Å². The van der Waals surface area contributed by atoms with Crippen LogP contribution in [-0.4, -0.2) is 44.4 Å². The molecule has 1 heterocycles. The Labute approximate surface area is 110 Å². The largest absolute Gasteiger partial charge is 0.487 e. The maximum atomic E-state index is 13.6. The van der Waals surface area contributed by atoms with Gasteiger partial charge in [-0.1, -0.05) is 11.6 Å². The first-order chi connectivity index (χ1) is 8.66. The Morgan fingerprint density at radius 2 is 2.11 bits per heavy atom. The van der Waals surface area contributed by atoms with Gasteiger partial charge in [0.25, 0.3) is 0 Å². The van der Waals surface area contributed by atoms with Gasteiger partial charge >= 0.3 is 0 Å². The van der Waals surface area contributed by atoms with Crippen molar-refractivity contribution < 1.29 is 13.9 Å². The van der Waals surface area contributed by atoms with Gasteiger partial charge in [0.15, 0.2) is 11.6 Å². The van der Waals surface area contributed by atoms with E-state index in [-0.39, 0.29) is 16.5 Å². The number of morpholine rings is 1. The highest BCUT2D eigenvalue weighted by molar-refractivity contribution is 6.30. The average molecular weight is 275 g/mol. The summed E-state index contributed by atoms with van der Waals surface area (Å²) in [5.74, 6) is -0.449. The van der Waals surface area contributed by atoms with Gasteiger partial charge in [0, 0.05) is 24.7 Å². The Bertz CT molecular complexity index is 388. The summed E-state index contributed by atoms with van der Waals surface area (Å²) in [6.45, 7) is 4.34. The third-order valence-electron chi connectivity index (χ3n) is 2.79. The molecule has 1 saturated heterocycles. The average Bonchev–Trinajstić information content (AvgIpc) is 2.34. The van der Waals surface area contributed by atoms with Gasteiger partial charge < -0.3 is 15.2 Å². The molecule has 0 spiro atoms. The molecular weight excluding hydrogens is 259 g/mol. The normalized spacial score (nSPS) is 16.8. The van der Waals surface area contributed by atoms with Crippen LogP contribution in [0.3, 0.4) is 0 Å². The Kier molecular flexibility index (Phi) is 4.63. The van der Waals surface area contributed by atoms with Crippen molar-refractivity contribution in [2.45, 2.75) is 0 Å². The molecule has 4 nitrogen and oxygen atoms in total. The SMILES string of the molecule is Nc1cc(Cl)cc(F)c1OCCN1CCOCC1. The molecule has 0 unspecified atom stereocenters. The van der Waals surface area contributed by atoms with E-state index in [1.165, 1.54) is 12.1 Å². The van der Waals surface area contributed by atoms with Crippen molar-refractivity contribution in [3.8, 4) is 5.75 Å². The highest BCUT2D eigenvalue weighted by Gasteiger charge is 2.12. The Morgan fingerprint density at radius 1 is 1.39 bits per heavy atom. The van der Waals surface area contributed by atoms with Gasteiger partial charge in [-0.15, -0.1) is 0 Å². The number of halogens is 2. The van der Waals surface area contributed by atoms with E-state index in [4.69, 9.17) is 26.8 Å². The topological polar surface area (TPSA) is 47.7 Å². The van der Waals surface area contributed by atoms with Gasteiger partial charge in [0.05, 0.1) is 18.9 Å². The monoisotopic (exact) mass is 274 g/mol. The van der Waals surface area contributed by atoms with E-state index in [0.717, 1.165) is 32.8 Å². The minimum Gasteiger partial charge on any atom is -0.487 e. The lowest BCUT2D eigenvalue weighted by atomic mass is 10.3. The Morgan fingerprint density at radius 3 is 2.78 bits per heavy atom. The molecule has 100 valence electrons. The molecule has 6 heteroatoms. The number of nitrogens with two attached hydrogens (primary N) is 1. The summed E-state index contributed by atoms with van der Waals surface area (Å²) in [6.07, 6.45) is 0. The highest BCUT2D eigenvalue weighted by atomic mass is 35.5. The van der Waals surface area contributed by atoms with Gasteiger partial charge in [-0.05, 0) is 12.1 Å². The van der Waals surface area contributed by atoms with E-state index in [1.807, 2.05) is 0 Å². The van der Waals surface area contributed by atoms with E-state index in [9.17, 15) is 4.39 Å². The quantitative estimate of drug-likeness (QED) is 0.850. The first-order valence-electron chi connectivity index (χ1n) is 5.84. The predicted molar refractivity (Wildman–Crippen MR) is 68.6 cm³/mol. The van der Waals surface area contributed by atoms with Crippen LogP contribution in [-0.2, 0) is 4.74 Å². The molecule has 0 amide bonds. The van der Waals surface area contributed by atoms with Crippen LogP contribution in [0.15, 0.2) is 12.1 Å². The fraction of sp³-hybridized carbons (Fsp3) is 0.500. The van der Waals surface area contributed by atoms with Crippen LogP contribution in [0.2, 0.25) is 5.02 Å². The summed E-state index contributed by atoms with van der Waals surface area (Å²) in [7, 11) is 0. The lowest BCUT2D eigenvalue weighted by Crippen LogP contribution is -2.38. The van der Waals surface area contributed by atoms with Crippen molar-refractivity contribution in [1.82, 2.24) is 4.90 Å². The lowest BCUT2D eigenvalue weighted by Gasteiger charge is -2.26. The fourth-order valence-electron chi connectivity index (χ4n) is 1.83. The standard InChI is InChI=1S/C12H16ClFN2O2/c13-9-7-10(14)12(11(15)8-9)18-6-3-16-1-4-17-5-2-16/h7-8H,1-6,15H2. The predicted octanol–water partition coefficient (Wildman–Crippen LogP) is 1.77. The van der Waals surface area contributed by atoms with Crippen molar-refractivity contribution in [1.29, 1.82) is 0 Å². The van der Waals surface area contributed by atoms with Crippen molar-refractivity contribution in [2.75, 3.05) is 45.2 Å². The zero-order valence-electron chi connectivity index (χ0n) is 9.99. The molecule has 1 aliphatic heterocycles. The van der Waals surface area contributed by atoms with Gasteiger partial charge in [-0.3, -0.25) is 4.90 Å². The summed E-state index contributed by atoms with van der Waals surface area (Å²) in [5, 5.41) is 0.269. The van der Waals surface area contributed by atoms with E-state index in [0.29, 0.717) is 6.61 Å². The van der Waals surface area contributed by atoms with Gasteiger partial charge in [0.2, 0.25) is 0 Å². The number of nitrogen functional groups attached to an aromatic ring is 1. The number of anilines is 1. The second-order valence-corrected chi connectivity index (χ2v) is 4.54. The first kappa shape index (κ1) is 13.4. The number of rotatable bonds is 4. The fourth-order valence-corrected chi connectivity index (χ4v) is 2.05. The lowest BCUT2D eigenvalue weighted by molar-refractivity contribution is 0.0321. The van der Waals surface area contributed by atoms with Crippen LogP contribution in [0, 0.1) is 5.82 Å². The van der Waals surface area contributed by atoms with Crippen molar-refractivity contribution in [3.05, 3.63) is 23.0 Å². The van der Waals surface area contributed by atoms with E-state index < -0.39 is 5.82 Å². The first-order valence-corrected chi connectivity index (χ1v) is 6.22.